The summed E-state index contributed by atoms with van der Waals surface area (Å²) in [6.45, 7) is 4.01. The SMILES string of the molecule is Cc1cc(C)cc(OCC(=O)Nc2cccc3ccccc23)c1. The van der Waals surface area contributed by atoms with Gasteiger partial charge >= 0.3 is 0 Å². The highest BCUT2D eigenvalue weighted by molar-refractivity contribution is 6.02. The van der Waals surface area contributed by atoms with Crippen LogP contribution in [-0.4, -0.2) is 12.5 Å². The Labute approximate surface area is 135 Å². The first-order chi connectivity index (χ1) is 11.1. The fourth-order valence-corrected chi connectivity index (χ4v) is 2.69. The molecule has 0 saturated carbocycles. The number of carbonyl (C=O) groups is 1. The molecule has 116 valence electrons. The quantitative estimate of drug-likeness (QED) is 0.772. The van der Waals surface area contributed by atoms with E-state index in [1.54, 1.807) is 0 Å². The molecule has 0 aliphatic heterocycles. The van der Waals surface area contributed by atoms with Crippen LogP contribution >= 0.6 is 0 Å². The van der Waals surface area contributed by atoms with E-state index in [9.17, 15) is 4.79 Å². The largest absolute Gasteiger partial charge is 0.484 e. The Morgan fingerprint density at radius 3 is 2.43 bits per heavy atom. The van der Waals surface area contributed by atoms with Crippen molar-refractivity contribution in [1.29, 1.82) is 0 Å². The molecule has 3 nitrogen and oxygen atoms in total. The van der Waals surface area contributed by atoms with Gasteiger partial charge in [-0.25, -0.2) is 0 Å². The first-order valence-electron chi connectivity index (χ1n) is 7.60. The van der Waals surface area contributed by atoms with E-state index in [1.807, 2.05) is 68.4 Å². The second-order valence-corrected chi connectivity index (χ2v) is 5.69. The molecule has 0 unspecified atom stereocenters. The lowest BCUT2D eigenvalue weighted by Crippen LogP contribution is -2.20. The molecular weight excluding hydrogens is 286 g/mol. The summed E-state index contributed by atoms with van der Waals surface area (Å²) in [6, 6.07) is 19.8. The molecule has 0 saturated heterocycles. The fourth-order valence-electron chi connectivity index (χ4n) is 2.69. The number of aryl methyl sites for hydroxylation is 2. The van der Waals surface area contributed by atoms with Crippen LogP contribution in [0.3, 0.4) is 0 Å². The topological polar surface area (TPSA) is 38.3 Å². The molecule has 0 fully saturated rings. The van der Waals surface area contributed by atoms with Crippen LogP contribution in [-0.2, 0) is 4.79 Å². The van der Waals surface area contributed by atoms with Gasteiger partial charge in [0.2, 0.25) is 0 Å². The lowest BCUT2D eigenvalue weighted by molar-refractivity contribution is -0.118. The maximum Gasteiger partial charge on any atom is 0.262 e. The summed E-state index contributed by atoms with van der Waals surface area (Å²) in [6.07, 6.45) is 0. The summed E-state index contributed by atoms with van der Waals surface area (Å²) in [5, 5.41) is 5.04. The van der Waals surface area contributed by atoms with Crippen molar-refractivity contribution in [2.75, 3.05) is 11.9 Å². The summed E-state index contributed by atoms with van der Waals surface area (Å²) in [4.78, 5) is 12.2. The van der Waals surface area contributed by atoms with Gasteiger partial charge in [0.25, 0.3) is 5.91 Å². The molecule has 0 aliphatic carbocycles. The highest BCUT2D eigenvalue weighted by atomic mass is 16.5. The van der Waals surface area contributed by atoms with E-state index < -0.39 is 0 Å². The number of amides is 1. The van der Waals surface area contributed by atoms with Gasteiger partial charge in [0.15, 0.2) is 6.61 Å². The van der Waals surface area contributed by atoms with Crippen molar-refractivity contribution in [3.05, 3.63) is 71.8 Å². The molecule has 0 radical (unpaired) electrons. The Morgan fingerprint density at radius 2 is 1.65 bits per heavy atom. The number of carbonyl (C=O) groups excluding carboxylic acids is 1. The van der Waals surface area contributed by atoms with Crippen molar-refractivity contribution in [1.82, 2.24) is 0 Å². The Bertz CT molecular complexity index is 830. The summed E-state index contributed by atoms with van der Waals surface area (Å²) in [5.41, 5.74) is 3.04. The number of benzene rings is 3. The van der Waals surface area contributed by atoms with E-state index in [2.05, 4.69) is 11.4 Å². The van der Waals surface area contributed by atoms with Gasteiger partial charge in [-0.15, -0.1) is 0 Å². The Morgan fingerprint density at radius 1 is 0.957 bits per heavy atom. The van der Waals surface area contributed by atoms with Crippen molar-refractivity contribution < 1.29 is 9.53 Å². The molecule has 0 heterocycles. The molecule has 3 heteroatoms. The molecule has 0 spiro atoms. The zero-order valence-corrected chi connectivity index (χ0v) is 13.3. The number of fused-ring (bicyclic) bond motifs is 1. The minimum Gasteiger partial charge on any atom is -0.484 e. The Hall–Kier alpha value is -2.81. The van der Waals surface area contributed by atoms with Crippen LogP contribution in [0.25, 0.3) is 10.8 Å². The molecule has 3 aromatic rings. The normalized spacial score (nSPS) is 10.5. The molecule has 0 aliphatic rings. The third-order valence-electron chi connectivity index (χ3n) is 3.63. The lowest BCUT2D eigenvalue weighted by Gasteiger charge is -2.10. The zero-order valence-electron chi connectivity index (χ0n) is 13.3. The summed E-state index contributed by atoms with van der Waals surface area (Å²) in [7, 11) is 0. The lowest BCUT2D eigenvalue weighted by atomic mass is 10.1. The van der Waals surface area contributed by atoms with Gasteiger partial charge in [0.05, 0.1) is 0 Å². The van der Waals surface area contributed by atoms with Crippen LogP contribution in [0.5, 0.6) is 5.75 Å². The van der Waals surface area contributed by atoms with Gasteiger partial charge in [-0.2, -0.15) is 0 Å². The second-order valence-electron chi connectivity index (χ2n) is 5.69. The van der Waals surface area contributed by atoms with Crippen molar-refractivity contribution in [3.63, 3.8) is 0 Å². The minimum atomic E-state index is -0.166. The van der Waals surface area contributed by atoms with Crippen LogP contribution in [0.15, 0.2) is 60.7 Å². The maximum atomic E-state index is 12.2. The van der Waals surface area contributed by atoms with Gasteiger partial charge in [-0.1, -0.05) is 42.5 Å². The van der Waals surface area contributed by atoms with Gasteiger partial charge in [0.1, 0.15) is 5.75 Å². The van der Waals surface area contributed by atoms with E-state index in [4.69, 9.17) is 4.74 Å². The number of hydrogen-bond acceptors (Lipinski definition) is 2. The maximum absolute atomic E-state index is 12.2. The van der Waals surface area contributed by atoms with Gasteiger partial charge in [0, 0.05) is 11.1 Å². The van der Waals surface area contributed by atoms with Gasteiger partial charge in [-0.3, -0.25) is 4.79 Å². The predicted octanol–water partition coefficient (Wildman–Crippen LogP) is 4.47. The van der Waals surface area contributed by atoms with E-state index in [0.29, 0.717) is 0 Å². The Kier molecular flexibility index (Phi) is 4.29. The smallest absolute Gasteiger partial charge is 0.262 e. The molecule has 0 atom stereocenters. The first kappa shape index (κ1) is 15.1. The third kappa shape index (κ3) is 3.69. The van der Waals surface area contributed by atoms with Gasteiger partial charge in [-0.05, 0) is 48.6 Å². The standard InChI is InChI=1S/C20H19NO2/c1-14-10-15(2)12-17(11-14)23-13-20(22)21-19-9-5-7-16-6-3-4-8-18(16)19/h3-12H,13H2,1-2H3,(H,21,22). The number of rotatable bonds is 4. The van der Waals surface area contributed by atoms with Crippen LogP contribution in [0.4, 0.5) is 5.69 Å². The average Bonchev–Trinajstić information content (AvgIpc) is 2.52. The summed E-state index contributed by atoms with van der Waals surface area (Å²) in [5.74, 6) is 0.552. The molecule has 3 rings (SSSR count). The number of ether oxygens (including phenoxy) is 1. The van der Waals surface area contributed by atoms with Crippen LogP contribution < -0.4 is 10.1 Å². The van der Waals surface area contributed by atoms with Crippen molar-refractivity contribution in [2.24, 2.45) is 0 Å². The highest BCUT2D eigenvalue weighted by Gasteiger charge is 2.07. The summed E-state index contributed by atoms with van der Waals surface area (Å²) < 4.78 is 5.60. The van der Waals surface area contributed by atoms with E-state index in [0.717, 1.165) is 33.3 Å². The van der Waals surface area contributed by atoms with Crippen LogP contribution in [0.2, 0.25) is 0 Å². The van der Waals surface area contributed by atoms with E-state index in [-0.39, 0.29) is 12.5 Å². The fraction of sp³-hybridized carbons (Fsp3) is 0.150. The summed E-state index contributed by atoms with van der Waals surface area (Å²) >= 11 is 0. The van der Waals surface area contributed by atoms with E-state index >= 15 is 0 Å². The molecule has 3 aromatic carbocycles. The van der Waals surface area contributed by atoms with E-state index in [1.165, 1.54) is 0 Å². The third-order valence-corrected chi connectivity index (χ3v) is 3.63. The van der Waals surface area contributed by atoms with Crippen molar-refractivity contribution >= 4 is 22.4 Å². The molecule has 1 N–H and O–H groups in total. The average molecular weight is 305 g/mol. The van der Waals surface area contributed by atoms with Crippen molar-refractivity contribution in [2.45, 2.75) is 13.8 Å². The monoisotopic (exact) mass is 305 g/mol. The number of anilines is 1. The highest BCUT2D eigenvalue weighted by Crippen LogP contribution is 2.23. The van der Waals surface area contributed by atoms with Crippen LogP contribution in [0.1, 0.15) is 11.1 Å². The predicted molar refractivity (Wildman–Crippen MR) is 94.0 cm³/mol. The zero-order chi connectivity index (χ0) is 16.2. The number of nitrogens with one attached hydrogen (secondary N) is 1. The minimum absolute atomic E-state index is 0.00782. The molecule has 0 aromatic heterocycles. The van der Waals surface area contributed by atoms with Gasteiger partial charge < -0.3 is 10.1 Å². The van der Waals surface area contributed by atoms with Crippen molar-refractivity contribution in [3.8, 4) is 5.75 Å². The first-order valence-corrected chi connectivity index (χ1v) is 7.60. The van der Waals surface area contributed by atoms with Crippen LogP contribution in [0, 0.1) is 13.8 Å². The molecule has 0 bridgehead atoms. The molecule has 23 heavy (non-hydrogen) atoms. The molecule has 1 amide bonds. The second kappa shape index (κ2) is 6.53. The Balaban J connectivity index is 1.69. The molecular formula is C20H19NO2. The number of hydrogen-bond donors (Lipinski definition) is 1.